The maximum Gasteiger partial charge on any atom is 0.164 e. The summed E-state index contributed by atoms with van der Waals surface area (Å²) in [6, 6.07) is 75.3. The Kier molecular flexibility index (Phi) is 8.04. The minimum Gasteiger partial charge on any atom is -0.208 e. The maximum atomic E-state index is 5.09. The van der Waals surface area contributed by atoms with Gasteiger partial charge in [-0.05, 0) is 61.7 Å². The van der Waals surface area contributed by atoms with Crippen molar-refractivity contribution in [3.8, 4) is 67.5 Å². The van der Waals surface area contributed by atoms with Gasteiger partial charge in [-0.25, -0.2) is 15.0 Å². The molecule has 9 aromatic rings. The molecule has 0 unspecified atom stereocenters. The van der Waals surface area contributed by atoms with E-state index in [1.54, 1.807) is 0 Å². The standard InChI is InChI=1S/C52H35N3/c1-5-17-36(18-6-1)40-21-15-22-41(35-40)51-54-49(38-19-7-2-8-20-38)53-50(55-51)39-33-31-37(32-34-39)44-28-16-30-47-48(44)45-27-13-14-29-46(45)52(47,42-23-9-3-10-24-42)43-25-11-4-12-26-43/h1-35H. The van der Waals surface area contributed by atoms with Crippen LogP contribution in [0.4, 0.5) is 0 Å². The van der Waals surface area contributed by atoms with E-state index in [0.29, 0.717) is 17.5 Å². The Bertz CT molecular complexity index is 2740. The fraction of sp³-hybridized carbons (Fsp3) is 0.0192. The summed E-state index contributed by atoms with van der Waals surface area (Å²) in [5, 5.41) is 0. The molecule has 0 aliphatic heterocycles. The van der Waals surface area contributed by atoms with E-state index < -0.39 is 5.41 Å². The maximum absolute atomic E-state index is 5.09. The third-order valence-corrected chi connectivity index (χ3v) is 10.8. The fourth-order valence-electron chi connectivity index (χ4n) is 8.35. The van der Waals surface area contributed by atoms with Crippen molar-refractivity contribution in [3.05, 3.63) is 235 Å². The zero-order chi connectivity index (χ0) is 36.6. The lowest BCUT2D eigenvalue weighted by molar-refractivity contribution is 0.768. The average Bonchev–Trinajstić information content (AvgIpc) is 3.59. The molecule has 1 aliphatic carbocycles. The lowest BCUT2D eigenvalue weighted by Crippen LogP contribution is -2.28. The zero-order valence-electron chi connectivity index (χ0n) is 30.0. The number of hydrogen-bond acceptors (Lipinski definition) is 3. The first-order valence-electron chi connectivity index (χ1n) is 18.7. The molecule has 1 aromatic heterocycles. The van der Waals surface area contributed by atoms with E-state index in [4.69, 9.17) is 15.0 Å². The van der Waals surface area contributed by atoms with E-state index in [1.165, 1.54) is 38.9 Å². The van der Waals surface area contributed by atoms with Crippen molar-refractivity contribution in [1.82, 2.24) is 15.0 Å². The van der Waals surface area contributed by atoms with E-state index >= 15 is 0 Å². The summed E-state index contributed by atoms with van der Waals surface area (Å²) in [5.41, 5.74) is 14.6. The number of hydrogen-bond donors (Lipinski definition) is 0. The van der Waals surface area contributed by atoms with Gasteiger partial charge in [-0.2, -0.15) is 0 Å². The van der Waals surface area contributed by atoms with Gasteiger partial charge in [0, 0.05) is 16.7 Å². The Morgan fingerprint density at radius 2 is 0.691 bits per heavy atom. The van der Waals surface area contributed by atoms with Gasteiger partial charge in [-0.1, -0.05) is 206 Å². The quantitative estimate of drug-likeness (QED) is 0.166. The first-order valence-corrected chi connectivity index (χ1v) is 18.7. The largest absolute Gasteiger partial charge is 0.208 e. The average molecular weight is 702 g/mol. The first kappa shape index (κ1) is 32.4. The summed E-state index contributed by atoms with van der Waals surface area (Å²) in [7, 11) is 0. The van der Waals surface area contributed by atoms with Crippen LogP contribution in [0, 0.1) is 0 Å². The van der Waals surface area contributed by atoms with Crippen LogP contribution in [0.25, 0.3) is 67.5 Å². The van der Waals surface area contributed by atoms with Crippen LogP contribution in [-0.2, 0) is 5.41 Å². The minimum atomic E-state index is -0.447. The first-order chi connectivity index (χ1) is 27.3. The lowest BCUT2D eigenvalue weighted by Gasteiger charge is -2.34. The van der Waals surface area contributed by atoms with Crippen LogP contribution in [0.2, 0.25) is 0 Å². The summed E-state index contributed by atoms with van der Waals surface area (Å²) in [5.74, 6) is 1.92. The van der Waals surface area contributed by atoms with Crippen LogP contribution in [0.15, 0.2) is 212 Å². The van der Waals surface area contributed by atoms with E-state index in [9.17, 15) is 0 Å². The van der Waals surface area contributed by atoms with Gasteiger partial charge in [0.1, 0.15) is 0 Å². The molecule has 0 spiro atoms. The molecule has 1 heterocycles. The summed E-state index contributed by atoms with van der Waals surface area (Å²) in [6.07, 6.45) is 0. The highest BCUT2D eigenvalue weighted by Gasteiger charge is 2.46. The molecule has 0 radical (unpaired) electrons. The van der Waals surface area contributed by atoms with Gasteiger partial charge < -0.3 is 0 Å². The van der Waals surface area contributed by atoms with Crippen LogP contribution in [-0.4, -0.2) is 15.0 Å². The molecule has 1 aliphatic rings. The van der Waals surface area contributed by atoms with Crippen molar-refractivity contribution < 1.29 is 0 Å². The highest BCUT2D eigenvalue weighted by molar-refractivity contribution is 5.95. The third-order valence-electron chi connectivity index (χ3n) is 10.8. The fourth-order valence-corrected chi connectivity index (χ4v) is 8.35. The van der Waals surface area contributed by atoms with Crippen molar-refractivity contribution in [1.29, 1.82) is 0 Å². The van der Waals surface area contributed by atoms with Crippen molar-refractivity contribution in [2.75, 3.05) is 0 Å². The van der Waals surface area contributed by atoms with E-state index in [1.807, 2.05) is 36.4 Å². The molecule has 0 N–H and O–H groups in total. The molecule has 258 valence electrons. The van der Waals surface area contributed by atoms with Gasteiger partial charge in [0.15, 0.2) is 17.5 Å². The lowest BCUT2D eigenvalue weighted by atomic mass is 9.67. The highest BCUT2D eigenvalue weighted by Crippen LogP contribution is 2.58. The molecular formula is C52H35N3. The van der Waals surface area contributed by atoms with E-state index in [0.717, 1.165) is 33.4 Å². The summed E-state index contributed by atoms with van der Waals surface area (Å²) >= 11 is 0. The van der Waals surface area contributed by atoms with Crippen LogP contribution in [0.5, 0.6) is 0 Å². The number of nitrogens with zero attached hydrogens (tertiary/aromatic N) is 3. The minimum absolute atomic E-state index is 0.447. The topological polar surface area (TPSA) is 38.7 Å². The number of fused-ring (bicyclic) bond motifs is 3. The second kappa shape index (κ2) is 13.6. The number of benzene rings is 8. The Balaban J connectivity index is 1.10. The van der Waals surface area contributed by atoms with Crippen LogP contribution in [0.3, 0.4) is 0 Å². The predicted molar refractivity (Wildman–Crippen MR) is 224 cm³/mol. The summed E-state index contributed by atoms with van der Waals surface area (Å²) in [6.45, 7) is 0. The van der Waals surface area contributed by atoms with Crippen LogP contribution in [0.1, 0.15) is 22.3 Å². The smallest absolute Gasteiger partial charge is 0.164 e. The van der Waals surface area contributed by atoms with E-state index in [-0.39, 0.29) is 0 Å². The van der Waals surface area contributed by atoms with Crippen molar-refractivity contribution in [2.24, 2.45) is 0 Å². The van der Waals surface area contributed by atoms with Crippen LogP contribution < -0.4 is 0 Å². The van der Waals surface area contributed by atoms with Crippen LogP contribution >= 0.6 is 0 Å². The second-order valence-electron chi connectivity index (χ2n) is 14.0. The molecule has 0 saturated carbocycles. The van der Waals surface area contributed by atoms with E-state index in [2.05, 4.69) is 176 Å². The Labute approximate surface area is 321 Å². The molecule has 10 rings (SSSR count). The highest BCUT2D eigenvalue weighted by atomic mass is 15.0. The molecular weight excluding hydrogens is 667 g/mol. The van der Waals surface area contributed by atoms with Gasteiger partial charge >= 0.3 is 0 Å². The molecule has 0 fully saturated rings. The molecule has 3 nitrogen and oxygen atoms in total. The Morgan fingerprint density at radius 1 is 0.273 bits per heavy atom. The van der Waals surface area contributed by atoms with Gasteiger partial charge in [0.25, 0.3) is 0 Å². The molecule has 8 aromatic carbocycles. The molecule has 0 bridgehead atoms. The number of aromatic nitrogens is 3. The third kappa shape index (κ3) is 5.57. The SMILES string of the molecule is c1ccc(-c2cccc(-c3nc(-c4ccccc4)nc(-c4ccc(-c5cccc6c5-c5ccccc5C6(c5ccccc5)c5ccccc5)cc4)n3)c2)cc1. The monoisotopic (exact) mass is 701 g/mol. The number of rotatable bonds is 7. The molecule has 55 heavy (non-hydrogen) atoms. The molecule has 0 saturated heterocycles. The van der Waals surface area contributed by atoms with Gasteiger partial charge in [0.05, 0.1) is 5.41 Å². The normalized spacial score (nSPS) is 12.5. The summed E-state index contributed by atoms with van der Waals surface area (Å²) < 4.78 is 0. The predicted octanol–water partition coefficient (Wildman–Crippen LogP) is 12.6. The second-order valence-corrected chi connectivity index (χ2v) is 14.0. The Morgan fingerprint density at radius 3 is 1.33 bits per heavy atom. The molecule has 0 amide bonds. The van der Waals surface area contributed by atoms with Crippen molar-refractivity contribution >= 4 is 0 Å². The van der Waals surface area contributed by atoms with Gasteiger partial charge in [0.2, 0.25) is 0 Å². The van der Waals surface area contributed by atoms with Gasteiger partial charge in [-0.3, -0.25) is 0 Å². The van der Waals surface area contributed by atoms with Gasteiger partial charge in [-0.15, -0.1) is 0 Å². The van der Waals surface area contributed by atoms with Crippen molar-refractivity contribution in [3.63, 3.8) is 0 Å². The van der Waals surface area contributed by atoms with Crippen molar-refractivity contribution in [2.45, 2.75) is 5.41 Å². The summed E-state index contributed by atoms with van der Waals surface area (Å²) in [4.78, 5) is 15.1. The zero-order valence-corrected chi connectivity index (χ0v) is 30.0. The molecule has 3 heteroatoms. The molecule has 0 atom stereocenters. The Hall–Kier alpha value is -7.23.